The Bertz CT molecular complexity index is 260. The van der Waals surface area contributed by atoms with Crippen molar-refractivity contribution in [3.05, 3.63) is 12.2 Å². The van der Waals surface area contributed by atoms with Crippen LogP contribution in [0.5, 0.6) is 0 Å². The van der Waals surface area contributed by atoms with Gasteiger partial charge in [0.2, 0.25) is 5.91 Å². The largest absolute Gasteiger partial charge is 0.469 e. The van der Waals surface area contributed by atoms with Crippen LogP contribution in [0.3, 0.4) is 0 Å². The second-order valence-corrected chi connectivity index (χ2v) is 3.29. The van der Waals surface area contributed by atoms with Gasteiger partial charge in [0.25, 0.3) is 0 Å². The van der Waals surface area contributed by atoms with Gasteiger partial charge in [-0.1, -0.05) is 12.2 Å². The van der Waals surface area contributed by atoms with Crippen LogP contribution in [-0.4, -0.2) is 37.0 Å². The van der Waals surface area contributed by atoms with Crippen molar-refractivity contribution in [1.29, 1.82) is 0 Å². The topological polar surface area (TPSA) is 46.6 Å². The molecule has 14 heavy (non-hydrogen) atoms. The summed E-state index contributed by atoms with van der Waals surface area (Å²) in [5.74, 6) is -0.544. The molecular formula is C10H15NO3. The Balaban J connectivity index is 2.51. The molecule has 0 aromatic heterocycles. The monoisotopic (exact) mass is 197 g/mol. The van der Waals surface area contributed by atoms with Crippen molar-refractivity contribution in [3.63, 3.8) is 0 Å². The summed E-state index contributed by atoms with van der Waals surface area (Å²) in [6.07, 6.45) is 4.07. The summed E-state index contributed by atoms with van der Waals surface area (Å²) in [5, 5.41) is 0. The highest BCUT2D eigenvalue weighted by Gasteiger charge is 2.34. The standard InChI is InChI=1S/C10H15NO3/c1-3-4-5-11-7-8(6-9(11)12)10(13)14-2/h3-4,8H,5-7H2,1-2H3. The predicted octanol–water partition coefficient (Wildman–Crippen LogP) is 0.584. The maximum atomic E-state index is 11.4. The molecule has 4 nitrogen and oxygen atoms in total. The molecule has 1 unspecified atom stereocenters. The number of esters is 1. The van der Waals surface area contributed by atoms with Crippen LogP contribution in [0.1, 0.15) is 13.3 Å². The Kier molecular flexibility index (Phi) is 3.68. The lowest BCUT2D eigenvalue weighted by molar-refractivity contribution is -0.145. The van der Waals surface area contributed by atoms with Gasteiger partial charge in [-0.25, -0.2) is 0 Å². The highest BCUT2D eigenvalue weighted by atomic mass is 16.5. The zero-order valence-corrected chi connectivity index (χ0v) is 8.53. The highest BCUT2D eigenvalue weighted by Crippen LogP contribution is 2.18. The Morgan fingerprint density at radius 3 is 3.00 bits per heavy atom. The second-order valence-electron chi connectivity index (χ2n) is 3.29. The molecule has 1 atom stereocenters. The van der Waals surface area contributed by atoms with Gasteiger partial charge in [0, 0.05) is 19.5 Å². The fraction of sp³-hybridized carbons (Fsp3) is 0.600. The molecule has 0 aliphatic carbocycles. The molecule has 0 aromatic rings. The zero-order chi connectivity index (χ0) is 10.6. The molecule has 0 saturated carbocycles. The minimum Gasteiger partial charge on any atom is -0.469 e. The summed E-state index contributed by atoms with van der Waals surface area (Å²) in [7, 11) is 1.35. The minimum absolute atomic E-state index is 0.0264. The van der Waals surface area contributed by atoms with Crippen molar-refractivity contribution in [1.82, 2.24) is 4.90 Å². The molecule has 1 saturated heterocycles. The number of allylic oxidation sites excluding steroid dienone is 1. The molecule has 1 fully saturated rings. The third-order valence-electron chi connectivity index (χ3n) is 2.31. The zero-order valence-electron chi connectivity index (χ0n) is 8.53. The van der Waals surface area contributed by atoms with E-state index in [1.807, 2.05) is 19.1 Å². The molecule has 1 heterocycles. The Morgan fingerprint density at radius 2 is 2.43 bits per heavy atom. The SMILES string of the molecule is CC=CCN1CC(C(=O)OC)CC1=O. The van der Waals surface area contributed by atoms with Crippen LogP contribution in [0.25, 0.3) is 0 Å². The maximum absolute atomic E-state index is 11.4. The third-order valence-corrected chi connectivity index (χ3v) is 2.31. The normalized spacial score (nSPS) is 22.0. The summed E-state index contributed by atoms with van der Waals surface area (Å²) >= 11 is 0. The van der Waals surface area contributed by atoms with Crippen LogP contribution in [0, 0.1) is 5.92 Å². The highest BCUT2D eigenvalue weighted by molar-refractivity contribution is 5.86. The number of hydrogen-bond donors (Lipinski definition) is 0. The molecule has 1 aliphatic heterocycles. The number of carbonyl (C=O) groups excluding carboxylic acids is 2. The average molecular weight is 197 g/mol. The molecule has 1 rings (SSSR count). The van der Waals surface area contributed by atoms with Crippen molar-refractivity contribution in [2.45, 2.75) is 13.3 Å². The maximum Gasteiger partial charge on any atom is 0.310 e. The summed E-state index contributed by atoms with van der Waals surface area (Å²) in [6.45, 7) is 2.97. The summed E-state index contributed by atoms with van der Waals surface area (Å²) < 4.78 is 4.60. The van der Waals surface area contributed by atoms with E-state index in [2.05, 4.69) is 4.74 Å². The van der Waals surface area contributed by atoms with Crippen molar-refractivity contribution in [2.75, 3.05) is 20.2 Å². The lowest BCUT2D eigenvalue weighted by Crippen LogP contribution is -2.26. The summed E-state index contributed by atoms with van der Waals surface area (Å²) in [4.78, 5) is 24.2. The number of hydrogen-bond acceptors (Lipinski definition) is 3. The number of amides is 1. The van der Waals surface area contributed by atoms with E-state index in [9.17, 15) is 9.59 Å². The molecule has 1 amide bonds. The summed E-state index contributed by atoms with van der Waals surface area (Å²) in [6, 6.07) is 0. The van der Waals surface area contributed by atoms with Gasteiger partial charge in [-0.05, 0) is 6.92 Å². The average Bonchev–Trinajstić information content (AvgIpc) is 2.56. The fourth-order valence-electron chi connectivity index (χ4n) is 1.51. The van der Waals surface area contributed by atoms with Gasteiger partial charge in [-0.15, -0.1) is 0 Å². The molecule has 4 heteroatoms. The van der Waals surface area contributed by atoms with E-state index in [4.69, 9.17) is 0 Å². The lowest BCUT2D eigenvalue weighted by atomic mass is 10.1. The van der Waals surface area contributed by atoms with Crippen LogP contribution in [0.4, 0.5) is 0 Å². The van der Waals surface area contributed by atoms with Gasteiger partial charge in [-0.3, -0.25) is 9.59 Å². The Labute approximate surface area is 83.5 Å². The van der Waals surface area contributed by atoms with E-state index < -0.39 is 0 Å². The smallest absolute Gasteiger partial charge is 0.310 e. The predicted molar refractivity (Wildman–Crippen MR) is 51.5 cm³/mol. The molecule has 1 aliphatic rings. The Morgan fingerprint density at radius 1 is 1.71 bits per heavy atom. The first-order valence-corrected chi connectivity index (χ1v) is 4.65. The molecule has 0 radical (unpaired) electrons. The lowest BCUT2D eigenvalue weighted by Gasteiger charge is -2.13. The van der Waals surface area contributed by atoms with E-state index in [1.54, 1.807) is 4.90 Å². The van der Waals surface area contributed by atoms with Crippen LogP contribution in [-0.2, 0) is 14.3 Å². The third kappa shape index (κ3) is 2.34. The van der Waals surface area contributed by atoms with E-state index in [-0.39, 0.29) is 24.2 Å². The molecule has 78 valence electrons. The van der Waals surface area contributed by atoms with E-state index in [0.717, 1.165) is 0 Å². The van der Waals surface area contributed by atoms with Gasteiger partial charge >= 0.3 is 5.97 Å². The van der Waals surface area contributed by atoms with Crippen LogP contribution in [0.2, 0.25) is 0 Å². The number of nitrogens with zero attached hydrogens (tertiary/aromatic N) is 1. The molecule has 0 N–H and O–H groups in total. The number of methoxy groups -OCH3 is 1. The van der Waals surface area contributed by atoms with Crippen LogP contribution >= 0.6 is 0 Å². The number of rotatable bonds is 3. The van der Waals surface area contributed by atoms with Crippen molar-refractivity contribution in [3.8, 4) is 0 Å². The van der Waals surface area contributed by atoms with Gasteiger partial charge in [0.15, 0.2) is 0 Å². The molecular weight excluding hydrogens is 182 g/mol. The van der Waals surface area contributed by atoms with E-state index >= 15 is 0 Å². The second kappa shape index (κ2) is 4.79. The van der Waals surface area contributed by atoms with Crippen LogP contribution in [0.15, 0.2) is 12.2 Å². The first kappa shape index (κ1) is 10.8. The first-order chi connectivity index (χ1) is 6.69. The molecule has 0 bridgehead atoms. The fourth-order valence-corrected chi connectivity index (χ4v) is 1.51. The van der Waals surface area contributed by atoms with E-state index in [0.29, 0.717) is 13.1 Å². The van der Waals surface area contributed by atoms with Crippen molar-refractivity contribution >= 4 is 11.9 Å². The Hall–Kier alpha value is -1.32. The minimum atomic E-state index is -0.290. The van der Waals surface area contributed by atoms with Crippen molar-refractivity contribution in [2.24, 2.45) is 5.92 Å². The van der Waals surface area contributed by atoms with Crippen LogP contribution < -0.4 is 0 Å². The quantitative estimate of drug-likeness (QED) is 0.491. The number of carbonyl (C=O) groups is 2. The first-order valence-electron chi connectivity index (χ1n) is 4.65. The number of ether oxygens (including phenoxy) is 1. The van der Waals surface area contributed by atoms with Gasteiger partial charge in [0.05, 0.1) is 13.0 Å². The van der Waals surface area contributed by atoms with Gasteiger partial charge in [0.1, 0.15) is 0 Å². The van der Waals surface area contributed by atoms with Crippen molar-refractivity contribution < 1.29 is 14.3 Å². The van der Waals surface area contributed by atoms with Gasteiger partial charge in [-0.2, -0.15) is 0 Å². The molecule has 0 spiro atoms. The summed E-state index contributed by atoms with van der Waals surface area (Å²) in [5.41, 5.74) is 0. The van der Waals surface area contributed by atoms with Gasteiger partial charge < -0.3 is 9.64 Å². The molecule has 0 aromatic carbocycles. The number of likely N-dealkylation sites (tertiary alicyclic amines) is 1. The van der Waals surface area contributed by atoms with E-state index in [1.165, 1.54) is 7.11 Å².